The van der Waals surface area contributed by atoms with Crippen molar-refractivity contribution in [2.24, 2.45) is 11.3 Å². The van der Waals surface area contributed by atoms with Gasteiger partial charge in [-0.1, -0.05) is 19.8 Å². The number of hydrogen-bond acceptors (Lipinski definition) is 1. The highest BCUT2D eigenvalue weighted by atomic mass is 19.1. The molecule has 0 heterocycles. The minimum atomic E-state index is -0.515. The van der Waals surface area contributed by atoms with Gasteiger partial charge in [0.2, 0.25) is 0 Å². The molecule has 0 radical (unpaired) electrons. The molecule has 0 spiro atoms. The SMILES string of the molecule is CCCC1CCC(C#N)(Cc2cc(F)ccc2F)CC1. The van der Waals surface area contributed by atoms with E-state index in [1.165, 1.54) is 18.9 Å². The Morgan fingerprint density at radius 2 is 2.00 bits per heavy atom. The highest BCUT2D eigenvalue weighted by molar-refractivity contribution is 5.22. The number of halogens is 2. The Morgan fingerprint density at radius 3 is 2.60 bits per heavy atom. The van der Waals surface area contributed by atoms with Crippen LogP contribution in [0.4, 0.5) is 8.78 Å². The number of nitrogens with zero attached hydrogens (tertiary/aromatic N) is 1. The lowest BCUT2D eigenvalue weighted by molar-refractivity contribution is 0.199. The predicted molar refractivity (Wildman–Crippen MR) is 75.0 cm³/mol. The molecular weight excluding hydrogens is 256 g/mol. The van der Waals surface area contributed by atoms with E-state index in [0.717, 1.165) is 37.8 Å². The third-order valence-corrected chi connectivity index (χ3v) is 4.53. The first-order valence-corrected chi connectivity index (χ1v) is 7.44. The smallest absolute Gasteiger partial charge is 0.126 e. The van der Waals surface area contributed by atoms with Crippen LogP contribution >= 0.6 is 0 Å². The highest BCUT2D eigenvalue weighted by Gasteiger charge is 2.36. The van der Waals surface area contributed by atoms with Gasteiger partial charge in [-0.3, -0.25) is 0 Å². The summed E-state index contributed by atoms with van der Waals surface area (Å²) in [6.45, 7) is 2.17. The van der Waals surface area contributed by atoms with Crippen molar-refractivity contribution >= 4 is 0 Å². The molecule has 3 heteroatoms. The minimum absolute atomic E-state index is 0.325. The van der Waals surface area contributed by atoms with Gasteiger partial charge in [0.15, 0.2) is 0 Å². The summed E-state index contributed by atoms with van der Waals surface area (Å²) < 4.78 is 27.0. The van der Waals surface area contributed by atoms with E-state index in [4.69, 9.17) is 0 Å². The first-order valence-electron chi connectivity index (χ1n) is 7.44. The lowest BCUT2D eigenvalue weighted by Gasteiger charge is -2.35. The van der Waals surface area contributed by atoms with Crippen LogP contribution in [0, 0.1) is 34.3 Å². The summed E-state index contributed by atoms with van der Waals surface area (Å²) in [5.74, 6) is -0.148. The lowest BCUT2D eigenvalue weighted by atomic mass is 9.67. The van der Waals surface area contributed by atoms with Crippen LogP contribution in [-0.4, -0.2) is 0 Å². The van der Waals surface area contributed by atoms with Gasteiger partial charge >= 0.3 is 0 Å². The van der Waals surface area contributed by atoms with Gasteiger partial charge in [0, 0.05) is 0 Å². The van der Waals surface area contributed by atoms with E-state index in [1.54, 1.807) is 0 Å². The van der Waals surface area contributed by atoms with Crippen LogP contribution in [0.1, 0.15) is 51.0 Å². The zero-order valence-electron chi connectivity index (χ0n) is 12.0. The van der Waals surface area contributed by atoms with E-state index in [-0.39, 0.29) is 0 Å². The molecule has 0 aromatic heterocycles. The highest BCUT2D eigenvalue weighted by Crippen LogP contribution is 2.42. The average Bonchev–Trinajstić information content (AvgIpc) is 2.45. The van der Waals surface area contributed by atoms with Gasteiger partial charge in [-0.25, -0.2) is 8.78 Å². The molecule has 1 fully saturated rings. The Balaban J connectivity index is 2.10. The molecule has 2 rings (SSSR count). The number of nitriles is 1. The third kappa shape index (κ3) is 3.36. The Kier molecular flexibility index (Phi) is 4.75. The Labute approximate surface area is 119 Å². The van der Waals surface area contributed by atoms with Crippen LogP contribution in [0.25, 0.3) is 0 Å². The van der Waals surface area contributed by atoms with Gasteiger partial charge in [0.05, 0.1) is 11.5 Å². The van der Waals surface area contributed by atoms with E-state index in [9.17, 15) is 14.0 Å². The van der Waals surface area contributed by atoms with Crippen LogP contribution in [0.5, 0.6) is 0 Å². The van der Waals surface area contributed by atoms with Crippen LogP contribution in [0.3, 0.4) is 0 Å². The number of benzene rings is 1. The molecule has 0 N–H and O–H groups in total. The van der Waals surface area contributed by atoms with E-state index in [1.807, 2.05) is 0 Å². The quantitative estimate of drug-likeness (QED) is 0.759. The molecular formula is C17H21F2N. The van der Waals surface area contributed by atoms with Crippen LogP contribution in [-0.2, 0) is 6.42 Å². The van der Waals surface area contributed by atoms with E-state index < -0.39 is 17.0 Å². The van der Waals surface area contributed by atoms with E-state index >= 15 is 0 Å². The van der Waals surface area contributed by atoms with Crippen molar-refractivity contribution < 1.29 is 8.78 Å². The maximum atomic E-state index is 13.8. The van der Waals surface area contributed by atoms with Crippen LogP contribution < -0.4 is 0 Å². The Morgan fingerprint density at radius 1 is 1.30 bits per heavy atom. The number of hydrogen-bond donors (Lipinski definition) is 0. The second-order valence-corrected chi connectivity index (χ2v) is 6.04. The largest absolute Gasteiger partial charge is 0.207 e. The van der Waals surface area contributed by atoms with Gasteiger partial charge < -0.3 is 0 Å². The second kappa shape index (κ2) is 6.35. The topological polar surface area (TPSA) is 23.8 Å². The molecule has 0 unspecified atom stereocenters. The summed E-state index contributed by atoms with van der Waals surface area (Å²) in [6.07, 6.45) is 6.34. The molecule has 0 aliphatic heterocycles. The van der Waals surface area contributed by atoms with Crippen LogP contribution in [0.2, 0.25) is 0 Å². The predicted octanol–water partition coefficient (Wildman–Crippen LogP) is 5.01. The lowest BCUT2D eigenvalue weighted by Crippen LogP contribution is -2.28. The molecule has 20 heavy (non-hydrogen) atoms. The van der Waals surface area contributed by atoms with Crippen molar-refractivity contribution in [3.8, 4) is 6.07 Å². The van der Waals surface area contributed by atoms with Crippen molar-refractivity contribution in [2.45, 2.75) is 51.9 Å². The molecule has 1 aromatic carbocycles. The maximum Gasteiger partial charge on any atom is 0.126 e. The van der Waals surface area contributed by atoms with Gasteiger partial charge in [-0.05, 0) is 61.8 Å². The summed E-state index contributed by atoms with van der Waals surface area (Å²) in [7, 11) is 0. The standard InChI is InChI=1S/C17H21F2N/c1-2-3-13-6-8-17(12-20,9-7-13)11-14-10-15(18)4-5-16(14)19/h4-5,10,13H,2-3,6-9,11H2,1H3. The molecule has 1 nitrogen and oxygen atoms in total. The number of rotatable bonds is 4. The first kappa shape index (κ1) is 15.0. The second-order valence-electron chi connectivity index (χ2n) is 6.04. The summed E-state index contributed by atoms with van der Waals surface area (Å²) >= 11 is 0. The third-order valence-electron chi connectivity index (χ3n) is 4.53. The van der Waals surface area contributed by atoms with Gasteiger partial charge in [0.1, 0.15) is 11.6 Å². The first-order chi connectivity index (χ1) is 9.58. The molecule has 0 bridgehead atoms. The minimum Gasteiger partial charge on any atom is -0.207 e. The van der Waals surface area contributed by atoms with Crippen molar-refractivity contribution in [2.75, 3.05) is 0 Å². The summed E-state index contributed by atoms with van der Waals surface area (Å²) in [5, 5.41) is 9.51. The normalized spacial score (nSPS) is 26.2. The monoisotopic (exact) mass is 277 g/mol. The van der Waals surface area contributed by atoms with E-state index in [2.05, 4.69) is 13.0 Å². The van der Waals surface area contributed by atoms with Gasteiger partial charge in [0.25, 0.3) is 0 Å². The summed E-state index contributed by atoms with van der Waals surface area (Å²) in [4.78, 5) is 0. The Hall–Kier alpha value is -1.43. The molecule has 1 aromatic rings. The fraction of sp³-hybridized carbons (Fsp3) is 0.588. The van der Waals surface area contributed by atoms with Crippen LogP contribution in [0.15, 0.2) is 18.2 Å². The summed E-state index contributed by atoms with van der Waals surface area (Å²) in [6, 6.07) is 5.89. The molecule has 1 aliphatic carbocycles. The average molecular weight is 277 g/mol. The van der Waals surface area contributed by atoms with Gasteiger partial charge in [-0.2, -0.15) is 5.26 Å². The van der Waals surface area contributed by atoms with Gasteiger partial charge in [-0.15, -0.1) is 0 Å². The molecule has 1 aliphatic rings. The van der Waals surface area contributed by atoms with E-state index in [0.29, 0.717) is 17.9 Å². The fourth-order valence-corrected chi connectivity index (χ4v) is 3.30. The Bertz CT molecular complexity index is 496. The molecule has 0 atom stereocenters. The zero-order valence-corrected chi connectivity index (χ0v) is 12.0. The van der Waals surface area contributed by atoms with Crippen molar-refractivity contribution in [1.29, 1.82) is 5.26 Å². The molecule has 0 amide bonds. The van der Waals surface area contributed by atoms with Crippen molar-refractivity contribution in [1.82, 2.24) is 0 Å². The molecule has 0 saturated heterocycles. The molecule has 1 saturated carbocycles. The van der Waals surface area contributed by atoms with Crippen molar-refractivity contribution in [3.63, 3.8) is 0 Å². The molecule has 108 valence electrons. The summed E-state index contributed by atoms with van der Waals surface area (Å²) in [5.41, 5.74) is -0.181. The zero-order chi connectivity index (χ0) is 14.6. The van der Waals surface area contributed by atoms with Crippen molar-refractivity contribution in [3.05, 3.63) is 35.4 Å². The maximum absolute atomic E-state index is 13.8. The fourth-order valence-electron chi connectivity index (χ4n) is 3.30.